The molecule has 1 aliphatic heterocycles. The van der Waals surface area contributed by atoms with E-state index in [2.05, 4.69) is 20.3 Å². The fourth-order valence-corrected chi connectivity index (χ4v) is 4.75. The first-order valence-electron chi connectivity index (χ1n) is 9.83. The molecule has 0 aliphatic carbocycles. The van der Waals surface area contributed by atoms with E-state index in [1.54, 1.807) is 23.6 Å². The minimum absolute atomic E-state index is 0.00214. The van der Waals surface area contributed by atoms with Gasteiger partial charge in [0.15, 0.2) is 0 Å². The number of rotatable bonds is 6. The number of pyridine rings is 1. The second-order valence-electron chi connectivity index (χ2n) is 7.41. The second kappa shape index (κ2) is 8.84. The van der Waals surface area contributed by atoms with Crippen LogP contribution in [0.1, 0.15) is 33.6 Å². The average Bonchev–Trinajstić information content (AvgIpc) is 3.10. The van der Waals surface area contributed by atoms with E-state index in [0.29, 0.717) is 17.3 Å². The molecule has 1 saturated heterocycles. The topological polar surface area (TPSA) is 80.2 Å². The van der Waals surface area contributed by atoms with Gasteiger partial charge in [-0.15, -0.1) is 11.3 Å². The minimum atomic E-state index is -0.00214. The minimum Gasteiger partial charge on any atom is -0.381 e. The zero-order valence-corrected chi connectivity index (χ0v) is 17.5. The Morgan fingerprint density at radius 3 is 2.79 bits per heavy atom. The number of aromatic nitrogens is 3. The zero-order chi connectivity index (χ0) is 20.2. The van der Waals surface area contributed by atoms with Gasteiger partial charge in [0.25, 0.3) is 5.91 Å². The van der Waals surface area contributed by atoms with Crippen LogP contribution in [0, 0.1) is 12.8 Å². The summed E-state index contributed by atoms with van der Waals surface area (Å²) < 4.78 is 5.44. The molecule has 0 aromatic carbocycles. The molecule has 8 heteroatoms. The maximum Gasteiger partial charge on any atom is 0.264 e. The molecular formula is C21H25N5O2S. The van der Waals surface area contributed by atoms with Crippen LogP contribution in [-0.4, -0.2) is 52.6 Å². The summed E-state index contributed by atoms with van der Waals surface area (Å²) in [7, 11) is 1.82. The molecule has 4 heterocycles. The molecule has 1 N–H and O–H groups in total. The molecule has 7 nitrogen and oxygen atoms in total. The van der Waals surface area contributed by atoms with Crippen LogP contribution in [0.5, 0.6) is 0 Å². The van der Waals surface area contributed by atoms with Gasteiger partial charge in [-0.25, -0.2) is 9.97 Å². The van der Waals surface area contributed by atoms with Crippen LogP contribution in [0.3, 0.4) is 0 Å². The Balaban J connectivity index is 1.54. The summed E-state index contributed by atoms with van der Waals surface area (Å²) in [4.78, 5) is 29.3. The third kappa shape index (κ3) is 4.38. The van der Waals surface area contributed by atoms with Gasteiger partial charge in [-0.1, -0.05) is 0 Å². The van der Waals surface area contributed by atoms with Crippen molar-refractivity contribution in [3.63, 3.8) is 0 Å². The summed E-state index contributed by atoms with van der Waals surface area (Å²) in [6.45, 7) is 5.03. The monoisotopic (exact) mass is 411 g/mol. The molecule has 29 heavy (non-hydrogen) atoms. The van der Waals surface area contributed by atoms with Crippen LogP contribution in [0.25, 0.3) is 10.2 Å². The van der Waals surface area contributed by atoms with Crippen molar-refractivity contribution in [3.05, 3.63) is 46.9 Å². The van der Waals surface area contributed by atoms with Crippen LogP contribution < -0.4 is 5.32 Å². The van der Waals surface area contributed by atoms with Crippen LogP contribution in [0.15, 0.2) is 30.9 Å². The summed E-state index contributed by atoms with van der Waals surface area (Å²) in [5.74, 6) is 1.39. The van der Waals surface area contributed by atoms with Crippen molar-refractivity contribution in [2.75, 3.05) is 32.1 Å². The van der Waals surface area contributed by atoms with E-state index in [9.17, 15) is 4.79 Å². The number of nitrogens with one attached hydrogen (secondary N) is 1. The zero-order valence-electron chi connectivity index (χ0n) is 16.7. The van der Waals surface area contributed by atoms with Crippen molar-refractivity contribution in [2.45, 2.75) is 26.3 Å². The molecule has 3 aromatic rings. The molecule has 0 unspecified atom stereocenters. The number of anilines is 1. The van der Waals surface area contributed by atoms with Crippen LogP contribution in [-0.2, 0) is 11.3 Å². The molecule has 1 aliphatic rings. The Morgan fingerprint density at radius 1 is 1.28 bits per heavy atom. The van der Waals surface area contributed by atoms with Gasteiger partial charge in [-0.3, -0.25) is 9.78 Å². The van der Waals surface area contributed by atoms with Gasteiger partial charge < -0.3 is 15.0 Å². The van der Waals surface area contributed by atoms with Crippen LogP contribution in [0.4, 0.5) is 5.82 Å². The van der Waals surface area contributed by atoms with Crippen LogP contribution >= 0.6 is 11.3 Å². The Bertz CT molecular complexity index is 985. The van der Waals surface area contributed by atoms with Gasteiger partial charge in [0.2, 0.25) is 0 Å². The van der Waals surface area contributed by atoms with E-state index in [1.807, 2.05) is 26.1 Å². The molecule has 0 spiro atoms. The Morgan fingerprint density at radius 2 is 2.03 bits per heavy atom. The Labute approximate surface area is 174 Å². The van der Waals surface area contributed by atoms with E-state index in [-0.39, 0.29) is 5.91 Å². The highest BCUT2D eigenvalue weighted by Crippen LogP contribution is 2.34. The van der Waals surface area contributed by atoms with Crippen molar-refractivity contribution in [2.24, 2.45) is 5.92 Å². The maximum atomic E-state index is 13.1. The van der Waals surface area contributed by atoms with E-state index in [0.717, 1.165) is 59.8 Å². The fraction of sp³-hybridized carbons (Fsp3) is 0.429. The lowest BCUT2D eigenvalue weighted by Crippen LogP contribution is -2.26. The van der Waals surface area contributed by atoms with Crippen molar-refractivity contribution in [3.8, 4) is 0 Å². The van der Waals surface area contributed by atoms with Gasteiger partial charge in [-0.05, 0) is 48.9 Å². The summed E-state index contributed by atoms with van der Waals surface area (Å²) in [6.07, 6.45) is 7.18. The summed E-state index contributed by atoms with van der Waals surface area (Å²) >= 11 is 1.43. The smallest absolute Gasteiger partial charge is 0.264 e. The molecule has 4 rings (SSSR count). The van der Waals surface area contributed by atoms with Gasteiger partial charge >= 0.3 is 0 Å². The van der Waals surface area contributed by atoms with Crippen molar-refractivity contribution < 1.29 is 9.53 Å². The lowest BCUT2D eigenvalue weighted by atomic mass is 10.0. The number of amides is 1. The standard InChI is InChI=1S/C21H25N5O2S/c1-14-17-19(23-11-15-5-9-28-10-6-15)24-13-25-20(17)29-18(14)21(27)26(2)12-16-3-7-22-8-4-16/h3-4,7-8,13,15H,5-6,9-12H2,1-2H3,(H,23,24,25). The number of carbonyl (C=O) groups is 1. The van der Waals surface area contributed by atoms with Crippen molar-refractivity contribution >= 4 is 33.3 Å². The Hall–Kier alpha value is -2.58. The highest BCUT2D eigenvalue weighted by molar-refractivity contribution is 7.20. The Kier molecular flexibility index (Phi) is 6.01. The first-order chi connectivity index (χ1) is 14.1. The predicted octanol–water partition coefficient (Wildman–Crippen LogP) is 3.51. The van der Waals surface area contributed by atoms with Gasteiger partial charge in [0.1, 0.15) is 17.0 Å². The largest absolute Gasteiger partial charge is 0.381 e. The first-order valence-corrected chi connectivity index (χ1v) is 10.6. The first kappa shape index (κ1) is 19.7. The van der Waals surface area contributed by atoms with E-state index in [1.165, 1.54) is 11.3 Å². The maximum absolute atomic E-state index is 13.1. The quantitative estimate of drug-likeness (QED) is 0.669. The summed E-state index contributed by atoms with van der Waals surface area (Å²) in [6, 6.07) is 3.84. The fourth-order valence-electron chi connectivity index (χ4n) is 3.61. The number of carbonyl (C=O) groups excluding carboxylic acids is 1. The second-order valence-corrected chi connectivity index (χ2v) is 8.41. The van der Waals surface area contributed by atoms with Crippen molar-refractivity contribution in [1.82, 2.24) is 19.9 Å². The third-order valence-corrected chi connectivity index (χ3v) is 6.52. The summed E-state index contributed by atoms with van der Waals surface area (Å²) in [5, 5.41) is 4.44. The predicted molar refractivity (Wildman–Crippen MR) is 114 cm³/mol. The highest BCUT2D eigenvalue weighted by Gasteiger charge is 2.22. The highest BCUT2D eigenvalue weighted by atomic mass is 32.1. The molecule has 0 saturated carbocycles. The third-order valence-electron chi connectivity index (χ3n) is 5.34. The molecule has 3 aromatic heterocycles. The van der Waals surface area contributed by atoms with Crippen molar-refractivity contribution in [1.29, 1.82) is 0 Å². The number of nitrogens with zero attached hydrogens (tertiary/aromatic N) is 4. The number of thiophene rings is 1. The SMILES string of the molecule is Cc1c(C(=O)N(C)Cc2ccncc2)sc2ncnc(NCC3CCOCC3)c12. The lowest BCUT2D eigenvalue weighted by Gasteiger charge is -2.22. The molecule has 0 radical (unpaired) electrons. The molecule has 0 bridgehead atoms. The lowest BCUT2D eigenvalue weighted by molar-refractivity contribution is 0.0699. The van der Waals surface area contributed by atoms with Gasteiger partial charge in [-0.2, -0.15) is 0 Å². The molecule has 1 amide bonds. The average molecular weight is 412 g/mol. The number of fused-ring (bicyclic) bond motifs is 1. The van der Waals surface area contributed by atoms with E-state index >= 15 is 0 Å². The van der Waals surface area contributed by atoms with E-state index < -0.39 is 0 Å². The number of ether oxygens (including phenoxy) is 1. The molecule has 1 fully saturated rings. The van der Waals surface area contributed by atoms with Crippen LogP contribution in [0.2, 0.25) is 0 Å². The number of hydrogen-bond acceptors (Lipinski definition) is 7. The number of hydrogen-bond donors (Lipinski definition) is 1. The number of aryl methyl sites for hydroxylation is 1. The molecular weight excluding hydrogens is 386 g/mol. The van der Waals surface area contributed by atoms with E-state index in [4.69, 9.17) is 4.74 Å². The molecule has 0 atom stereocenters. The van der Waals surface area contributed by atoms with Gasteiger partial charge in [0.05, 0.1) is 10.3 Å². The van der Waals surface area contributed by atoms with Gasteiger partial charge in [0, 0.05) is 45.7 Å². The normalized spacial score (nSPS) is 14.8. The summed E-state index contributed by atoms with van der Waals surface area (Å²) in [5.41, 5.74) is 1.99. The molecule has 152 valence electrons.